The number of benzene rings is 2. The molecular formula is C17H17BrN2O2. The number of anilines is 1. The highest BCUT2D eigenvalue weighted by atomic mass is 79.9. The van der Waals surface area contributed by atoms with Crippen molar-refractivity contribution in [3.05, 3.63) is 58.6 Å². The molecule has 1 atom stereocenters. The number of rotatable bonds is 4. The predicted octanol–water partition coefficient (Wildman–Crippen LogP) is 3.50. The van der Waals surface area contributed by atoms with Gasteiger partial charge in [-0.2, -0.15) is 0 Å². The van der Waals surface area contributed by atoms with Crippen LogP contribution in [-0.2, 0) is 4.79 Å². The largest absolute Gasteiger partial charge is 0.493 e. The van der Waals surface area contributed by atoms with Crippen molar-refractivity contribution in [1.82, 2.24) is 5.32 Å². The van der Waals surface area contributed by atoms with Gasteiger partial charge in [-0.25, -0.2) is 0 Å². The average molecular weight is 361 g/mol. The molecular weight excluding hydrogens is 344 g/mol. The van der Waals surface area contributed by atoms with Crippen LogP contribution in [-0.4, -0.2) is 19.1 Å². The number of hydrogen-bond donors (Lipinski definition) is 2. The molecule has 0 aromatic heterocycles. The van der Waals surface area contributed by atoms with Gasteiger partial charge in [-0.3, -0.25) is 4.79 Å². The summed E-state index contributed by atoms with van der Waals surface area (Å²) in [6.45, 7) is 0.863. The predicted molar refractivity (Wildman–Crippen MR) is 90.1 cm³/mol. The normalized spacial score (nSPS) is 16.3. The number of ether oxygens (including phenoxy) is 1. The maximum atomic E-state index is 12.2. The maximum absolute atomic E-state index is 12.2. The lowest BCUT2D eigenvalue weighted by Crippen LogP contribution is -2.35. The number of halogens is 1. The van der Waals surface area contributed by atoms with E-state index in [4.69, 9.17) is 4.74 Å². The van der Waals surface area contributed by atoms with Crippen LogP contribution in [0, 0.1) is 0 Å². The molecule has 2 N–H and O–H groups in total. The Morgan fingerprint density at radius 3 is 2.82 bits per heavy atom. The van der Waals surface area contributed by atoms with Gasteiger partial charge in [0, 0.05) is 22.1 Å². The van der Waals surface area contributed by atoms with Crippen molar-refractivity contribution in [3.63, 3.8) is 0 Å². The van der Waals surface area contributed by atoms with Crippen LogP contribution in [0.15, 0.2) is 53.0 Å². The molecule has 0 saturated heterocycles. The Hall–Kier alpha value is -2.01. The summed E-state index contributed by atoms with van der Waals surface area (Å²) in [5.74, 6) is 0.829. The molecule has 2 aromatic rings. The Morgan fingerprint density at radius 2 is 1.95 bits per heavy atom. The molecule has 0 radical (unpaired) electrons. The molecule has 0 fully saturated rings. The third-order valence-electron chi connectivity index (χ3n) is 3.61. The average Bonchev–Trinajstić information content (AvgIpc) is 2.54. The Kier molecular flexibility index (Phi) is 4.63. The number of para-hydroxylation sites is 2. The summed E-state index contributed by atoms with van der Waals surface area (Å²) in [6, 6.07) is 15.6. The van der Waals surface area contributed by atoms with Crippen molar-refractivity contribution in [1.29, 1.82) is 0 Å². The zero-order chi connectivity index (χ0) is 15.4. The second kappa shape index (κ2) is 6.83. The van der Waals surface area contributed by atoms with Crippen molar-refractivity contribution in [2.45, 2.75) is 12.5 Å². The second-order valence-electron chi connectivity index (χ2n) is 5.13. The van der Waals surface area contributed by atoms with E-state index < -0.39 is 0 Å². The smallest absolute Gasteiger partial charge is 0.239 e. The molecule has 1 unspecified atom stereocenters. The first kappa shape index (κ1) is 14.9. The molecule has 4 nitrogen and oxygen atoms in total. The summed E-state index contributed by atoms with van der Waals surface area (Å²) < 4.78 is 6.55. The lowest BCUT2D eigenvalue weighted by Gasteiger charge is -2.26. The number of carbonyl (C=O) groups is 1. The highest BCUT2D eigenvalue weighted by molar-refractivity contribution is 9.10. The van der Waals surface area contributed by atoms with E-state index in [1.54, 1.807) is 0 Å². The van der Waals surface area contributed by atoms with Crippen molar-refractivity contribution in [2.24, 2.45) is 0 Å². The fourth-order valence-electron chi connectivity index (χ4n) is 2.52. The van der Waals surface area contributed by atoms with Gasteiger partial charge in [-0.05, 0) is 34.1 Å². The fourth-order valence-corrected chi connectivity index (χ4v) is 2.94. The Morgan fingerprint density at radius 1 is 1.18 bits per heavy atom. The Balaban J connectivity index is 1.60. The van der Waals surface area contributed by atoms with Crippen LogP contribution >= 0.6 is 15.9 Å². The minimum atomic E-state index is -0.0301. The van der Waals surface area contributed by atoms with Gasteiger partial charge < -0.3 is 15.4 Å². The summed E-state index contributed by atoms with van der Waals surface area (Å²) in [5.41, 5.74) is 1.95. The van der Waals surface area contributed by atoms with Gasteiger partial charge in [0.15, 0.2) is 0 Å². The molecule has 22 heavy (non-hydrogen) atoms. The molecule has 1 heterocycles. The molecule has 5 heteroatoms. The first-order chi connectivity index (χ1) is 10.7. The molecule has 1 amide bonds. The number of fused-ring (bicyclic) bond motifs is 1. The van der Waals surface area contributed by atoms with Gasteiger partial charge in [0.05, 0.1) is 19.2 Å². The van der Waals surface area contributed by atoms with Crippen LogP contribution in [0.1, 0.15) is 18.0 Å². The van der Waals surface area contributed by atoms with Gasteiger partial charge in [0.1, 0.15) is 5.75 Å². The lowest BCUT2D eigenvalue weighted by atomic mass is 10.0. The molecule has 1 aliphatic rings. The summed E-state index contributed by atoms with van der Waals surface area (Å²) in [6.07, 6.45) is 0.789. The fraction of sp³-hybridized carbons (Fsp3) is 0.235. The van der Waals surface area contributed by atoms with Crippen molar-refractivity contribution in [2.75, 3.05) is 18.5 Å². The second-order valence-corrected chi connectivity index (χ2v) is 5.98. The van der Waals surface area contributed by atoms with Crippen molar-refractivity contribution < 1.29 is 9.53 Å². The molecule has 2 aromatic carbocycles. The van der Waals surface area contributed by atoms with Gasteiger partial charge in [-0.1, -0.05) is 30.3 Å². The first-order valence-electron chi connectivity index (χ1n) is 7.23. The monoisotopic (exact) mass is 360 g/mol. The molecule has 1 aliphatic heterocycles. The molecule has 114 valence electrons. The van der Waals surface area contributed by atoms with Gasteiger partial charge in [0.25, 0.3) is 0 Å². The minimum absolute atomic E-state index is 0.0125. The van der Waals surface area contributed by atoms with Crippen LogP contribution in [0.4, 0.5) is 5.69 Å². The van der Waals surface area contributed by atoms with E-state index in [1.807, 2.05) is 48.5 Å². The molecule has 0 saturated carbocycles. The Labute approximate surface area is 138 Å². The summed E-state index contributed by atoms with van der Waals surface area (Å²) in [5, 5.41) is 6.20. The van der Waals surface area contributed by atoms with Crippen LogP contribution < -0.4 is 15.4 Å². The van der Waals surface area contributed by atoms with Gasteiger partial charge in [-0.15, -0.1) is 0 Å². The minimum Gasteiger partial charge on any atom is -0.493 e. The third-order valence-corrected chi connectivity index (χ3v) is 4.30. The van der Waals surface area contributed by atoms with E-state index in [1.165, 1.54) is 0 Å². The van der Waals surface area contributed by atoms with E-state index in [9.17, 15) is 4.79 Å². The van der Waals surface area contributed by atoms with Crippen LogP contribution in [0.25, 0.3) is 0 Å². The van der Waals surface area contributed by atoms with E-state index in [2.05, 4.69) is 26.6 Å². The van der Waals surface area contributed by atoms with E-state index in [0.29, 0.717) is 6.61 Å². The first-order valence-corrected chi connectivity index (χ1v) is 8.03. The quantitative estimate of drug-likeness (QED) is 0.877. The highest BCUT2D eigenvalue weighted by Gasteiger charge is 2.22. The van der Waals surface area contributed by atoms with Crippen LogP contribution in [0.2, 0.25) is 0 Å². The molecule has 3 rings (SSSR count). The molecule has 0 aliphatic carbocycles. The molecule has 0 spiro atoms. The summed E-state index contributed by atoms with van der Waals surface area (Å²) in [7, 11) is 0. The van der Waals surface area contributed by atoms with Crippen molar-refractivity contribution in [3.8, 4) is 5.75 Å². The topological polar surface area (TPSA) is 50.4 Å². The zero-order valence-electron chi connectivity index (χ0n) is 12.0. The third kappa shape index (κ3) is 3.42. The molecule has 0 bridgehead atoms. The van der Waals surface area contributed by atoms with E-state index >= 15 is 0 Å². The maximum Gasteiger partial charge on any atom is 0.239 e. The zero-order valence-corrected chi connectivity index (χ0v) is 13.6. The number of amides is 1. The SMILES string of the molecule is O=C(CNc1ccccc1Br)NC1CCOc2ccccc21. The van der Waals surface area contributed by atoms with Crippen LogP contribution in [0.3, 0.4) is 0 Å². The summed E-state index contributed by atoms with van der Waals surface area (Å²) in [4.78, 5) is 12.2. The van der Waals surface area contributed by atoms with E-state index in [0.717, 1.165) is 27.9 Å². The standard InChI is InChI=1S/C17H17BrN2O2/c18-13-6-2-3-7-15(13)19-11-17(21)20-14-9-10-22-16-8-4-1-5-12(14)16/h1-8,14,19H,9-11H2,(H,20,21). The van der Waals surface area contributed by atoms with E-state index in [-0.39, 0.29) is 18.5 Å². The highest BCUT2D eigenvalue weighted by Crippen LogP contribution is 2.31. The Bertz CT molecular complexity index is 675. The van der Waals surface area contributed by atoms with Gasteiger partial charge >= 0.3 is 0 Å². The van der Waals surface area contributed by atoms with Gasteiger partial charge in [0.2, 0.25) is 5.91 Å². The number of hydrogen-bond acceptors (Lipinski definition) is 3. The van der Waals surface area contributed by atoms with Crippen LogP contribution in [0.5, 0.6) is 5.75 Å². The number of carbonyl (C=O) groups excluding carboxylic acids is 1. The lowest BCUT2D eigenvalue weighted by molar-refractivity contribution is -0.120. The summed E-state index contributed by atoms with van der Waals surface area (Å²) >= 11 is 3.46. The number of nitrogens with one attached hydrogen (secondary N) is 2. The van der Waals surface area contributed by atoms with Crippen molar-refractivity contribution >= 4 is 27.5 Å².